The number of hydrogen-bond acceptors (Lipinski definition) is 2. The molecule has 1 rings (SSSR count). The van der Waals surface area contributed by atoms with Gasteiger partial charge in [0.25, 0.3) is 0 Å². The van der Waals surface area contributed by atoms with Crippen LogP contribution in [0.2, 0.25) is 0 Å². The maximum atomic E-state index is 5.31. The first kappa shape index (κ1) is 6.05. The van der Waals surface area contributed by atoms with E-state index in [1.54, 1.807) is 0 Å². The summed E-state index contributed by atoms with van der Waals surface area (Å²) < 4.78 is 0. The van der Waals surface area contributed by atoms with Gasteiger partial charge in [0.15, 0.2) is 0 Å². The molecule has 1 aliphatic carbocycles. The molecule has 0 spiro atoms. The van der Waals surface area contributed by atoms with Crippen molar-refractivity contribution in [2.45, 2.75) is 32.2 Å². The molecule has 0 heterocycles. The summed E-state index contributed by atoms with van der Waals surface area (Å²) >= 11 is 0. The lowest BCUT2D eigenvalue weighted by molar-refractivity contribution is 0.118. The Bertz CT molecular complexity index is 88.5. The molecule has 3 N–H and O–H groups in total. The van der Waals surface area contributed by atoms with Gasteiger partial charge in [-0.3, -0.25) is 11.3 Å². The van der Waals surface area contributed by atoms with Crippen LogP contribution >= 0.6 is 0 Å². The minimum Gasteiger partial charge on any atom is -0.271 e. The lowest BCUT2D eigenvalue weighted by Crippen LogP contribution is -2.57. The minimum atomic E-state index is 0.250. The Morgan fingerprint density at radius 2 is 2.38 bits per heavy atom. The third kappa shape index (κ3) is 0.644. The van der Waals surface area contributed by atoms with Crippen molar-refractivity contribution in [3.63, 3.8) is 0 Å². The number of nitrogens with one attached hydrogen (secondary N) is 1. The van der Waals surface area contributed by atoms with Crippen molar-refractivity contribution in [2.75, 3.05) is 0 Å². The summed E-state index contributed by atoms with van der Waals surface area (Å²) in [6.07, 6.45) is 2.55. The van der Waals surface area contributed by atoms with Gasteiger partial charge < -0.3 is 0 Å². The summed E-state index contributed by atoms with van der Waals surface area (Å²) in [7, 11) is 0. The summed E-state index contributed by atoms with van der Waals surface area (Å²) in [5, 5.41) is 0. The van der Waals surface area contributed by atoms with Gasteiger partial charge in [0.1, 0.15) is 0 Å². The number of hydrazine groups is 1. The van der Waals surface area contributed by atoms with E-state index in [0.717, 1.165) is 5.92 Å². The lowest BCUT2D eigenvalue weighted by atomic mass is 9.69. The summed E-state index contributed by atoms with van der Waals surface area (Å²) in [6.45, 7) is 4.39. The summed E-state index contributed by atoms with van der Waals surface area (Å²) in [4.78, 5) is 0. The largest absolute Gasteiger partial charge is 0.271 e. The zero-order valence-corrected chi connectivity index (χ0v) is 5.57. The smallest absolute Gasteiger partial charge is 0.0318 e. The number of hydrogen-bond donors (Lipinski definition) is 2. The van der Waals surface area contributed by atoms with E-state index in [-0.39, 0.29) is 5.54 Å². The first-order valence-corrected chi connectivity index (χ1v) is 3.17. The van der Waals surface area contributed by atoms with Gasteiger partial charge in [-0.1, -0.05) is 6.92 Å². The molecule has 2 atom stereocenters. The first-order chi connectivity index (χ1) is 3.69. The van der Waals surface area contributed by atoms with Crippen LogP contribution in [-0.4, -0.2) is 5.54 Å². The molecule has 48 valence electrons. The molecule has 1 fully saturated rings. The maximum absolute atomic E-state index is 5.31. The highest BCUT2D eigenvalue weighted by Gasteiger charge is 2.38. The van der Waals surface area contributed by atoms with Gasteiger partial charge in [-0.05, 0) is 25.7 Å². The van der Waals surface area contributed by atoms with E-state index < -0.39 is 0 Å². The van der Waals surface area contributed by atoms with E-state index in [2.05, 4.69) is 19.3 Å². The Morgan fingerprint density at radius 1 is 1.75 bits per heavy atom. The van der Waals surface area contributed by atoms with Crippen LogP contribution in [-0.2, 0) is 0 Å². The monoisotopic (exact) mass is 114 g/mol. The average molecular weight is 114 g/mol. The molecule has 0 aromatic heterocycles. The van der Waals surface area contributed by atoms with Crippen LogP contribution in [0, 0.1) is 5.92 Å². The van der Waals surface area contributed by atoms with Gasteiger partial charge in [0.2, 0.25) is 0 Å². The molecule has 1 saturated carbocycles. The molecule has 2 unspecified atom stereocenters. The molecule has 0 radical (unpaired) electrons. The van der Waals surface area contributed by atoms with Crippen LogP contribution in [0.5, 0.6) is 0 Å². The van der Waals surface area contributed by atoms with Crippen molar-refractivity contribution < 1.29 is 0 Å². The fourth-order valence-electron chi connectivity index (χ4n) is 1.08. The zero-order valence-electron chi connectivity index (χ0n) is 5.57. The molecule has 0 aliphatic heterocycles. The molecule has 0 aromatic rings. The maximum Gasteiger partial charge on any atom is 0.0318 e. The SMILES string of the molecule is CC1CCC1(C)NN. The van der Waals surface area contributed by atoms with E-state index >= 15 is 0 Å². The van der Waals surface area contributed by atoms with Gasteiger partial charge >= 0.3 is 0 Å². The molecule has 0 amide bonds. The predicted molar refractivity (Wildman–Crippen MR) is 34.1 cm³/mol. The topological polar surface area (TPSA) is 38.0 Å². The van der Waals surface area contributed by atoms with Crippen molar-refractivity contribution in [1.29, 1.82) is 0 Å². The van der Waals surface area contributed by atoms with Gasteiger partial charge in [-0.2, -0.15) is 0 Å². The second-order valence-corrected chi connectivity index (χ2v) is 3.00. The second-order valence-electron chi connectivity index (χ2n) is 3.00. The van der Waals surface area contributed by atoms with E-state index in [1.165, 1.54) is 12.8 Å². The summed E-state index contributed by atoms with van der Waals surface area (Å²) in [5.41, 5.74) is 3.08. The highest BCUT2D eigenvalue weighted by molar-refractivity contribution is 4.95. The van der Waals surface area contributed by atoms with Crippen molar-refractivity contribution in [3.05, 3.63) is 0 Å². The molecular weight excluding hydrogens is 100 g/mol. The number of nitrogens with two attached hydrogens (primary N) is 1. The Hall–Kier alpha value is -0.0800. The van der Waals surface area contributed by atoms with Crippen LogP contribution in [0.4, 0.5) is 0 Å². The van der Waals surface area contributed by atoms with E-state index in [1.807, 2.05) is 0 Å². The lowest BCUT2D eigenvalue weighted by Gasteiger charge is -2.44. The Morgan fingerprint density at radius 3 is 2.38 bits per heavy atom. The van der Waals surface area contributed by atoms with Crippen molar-refractivity contribution >= 4 is 0 Å². The van der Waals surface area contributed by atoms with Crippen LogP contribution in [0.15, 0.2) is 0 Å². The molecule has 8 heavy (non-hydrogen) atoms. The van der Waals surface area contributed by atoms with E-state index in [9.17, 15) is 0 Å². The third-order valence-electron chi connectivity index (χ3n) is 2.51. The highest BCUT2D eigenvalue weighted by Crippen LogP contribution is 2.36. The van der Waals surface area contributed by atoms with Crippen LogP contribution in [0.1, 0.15) is 26.7 Å². The fourth-order valence-corrected chi connectivity index (χ4v) is 1.08. The standard InChI is InChI=1S/C6H14N2/c1-5-3-4-6(5,2)8-7/h5,8H,3-4,7H2,1-2H3. The zero-order chi connectivity index (χ0) is 6.20. The minimum absolute atomic E-state index is 0.250. The van der Waals surface area contributed by atoms with E-state index in [4.69, 9.17) is 5.84 Å². The van der Waals surface area contributed by atoms with Gasteiger partial charge in [-0.25, -0.2) is 0 Å². The Balaban J connectivity index is 2.42. The third-order valence-corrected chi connectivity index (χ3v) is 2.51. The van der Waals surface area contributed by atoms with Gasteiger partial charge in [-0.15, -0.1) is 0 Å². The van der Waals surface area contributed by atoms with Crippen LogP contribution < -0.4 is 11.3 Å². The van der Waals surface area contributed by atoms with Gasteiger partial charge in [0.05, 0.1) is 0 Å². The molecule has 2 heteroatoms. The summed E-state index contributed by atoms with van der Waals surface area (Å²) in [6, 6.07) is 0. The van der Waals surface area contributed by atoms with Crippen molar-refractivity contribution in [3.8, 4) is 0 Å². The molecular formula is C6H14N2. The molecule has 0 aromatic carbocycles. The average Bonchev–Trinajstić information content (AvgIpc) is 1.83. The Labute approximate surface area is 50.4 Å². The first-order valence-electron chi connectivity index (χ1n) is 3.17. The van der Waals surface area contributed by atoms with Gasteiger partial charge in [0, 0.05) is 5.54 Å². The Kier molecular flexibility index (Phi) is 1.29. The number of rotatable bonds is 1. The van der Waals surface area contributed by atoms with Crippen molar-refractivity contribution in [1.82, 2.24) is 5.43 Å². The fraction of sp³-hybridized carbons (Fsp3) is 1.00. The second kappa shape index (κ2) is 1.71. The van der Waals surface area contributed by atoms with Crippen molar-refractivity contribution in [2.24, 2.45) is 11.8 Å². The normalized spacial score (nSPS) is 46.1. The van der Waals surface area contributed by atoms with Crippen LogP contribution in [0.3, 0.4) is 0 Å². The summed E-state index contributed by atoms with van der Waals surface area (Å²) in [5.74, 6) is 6.07. The molecule has 2 nitrogen and oxygen atoms in total. The van der Waals surface area contributed by atoms with Crippen LogP contribution in [0.25, 0.3) is 0 Å². The quantitative estimate of drug-likeness (QED) is 0.388. The predicted octanol–water partition coefficient (Wildman–Crippen LogP) is 0.638. The highest BCUT2D eigenvalue weighted by atomic mass is 15.3. The van der Waals surface area contributed by atoms with E-state index in [0.29, 0.717) is 0 Å². The molecule has 0 saturated heterocycles. The molecule has 0 bridgehead atoms. The molecule has 1 aliphatic rings.